The number of phenols is 1. The van der Waals surface area contributed by atoms with Gasteiger partial charge in [-0.2, -0.15) is 5.10 Å². The lowest BCUT2D eigenvalue weighted by molar-refractivity contribution is 0.0601. The van der Waals surface area contributed by atoms with E-state index in [1.165, 1.54) is 0 Å². The van der Waals surface area contributed by atoms with Crippen LogP contribution in [0.3, 0.4) is 0 Å². The Hall–Kier alpha value is -3.32. The Morgan fingerprint density at radius 3 is 2.53 bits per heavy atom. The number of aromatic nitrogens is 2. The molecule has 2 heterocycles. The molecular formula is C29H37N3O4. The molecule has 0 saturated heterocycles. The second kappa shape index (κ2) is 11.2. The van der Waals surface area contributed by atoms with Crippen LogP contribution in [0.15, 0.2) is 36.4 Å². The van der Waals surface area contributed by atoms with Gasteiger partial charge < -0.3 is 19.5 Å². The summed E-state index contributed by atoms with van der Waals surface area (Å²) in [5, 5.41) is 18.3. The van der Waals surface area contributed by atoms with Crippen molar-refractivity contribution in [2.24, 2.45) is 0 Å². The highest BCUT2D eigenvalue weighted by molar-refractivity contribution is 6.00. The monoisotopic (exact) mass is 491 g/mol. The van der Waals surface area contributed by atoms with E-state index < -0.39 is 0 Å². The summed E-state index contributed by atoms with van der Waals surface area (Å²) in [6.07, 6.45) is 2.95. The van der Waals surface area contributed by atoms with Crippen molar-refractivity contribution in [1.82, 2.24) is 15.1 Å². The van der Waals surface area contributed by atoms with Crippen LogP contribution in [0, 0.1) is 13.8 Å². The number of unbranched alkanes of at least 4 members (excludes halogenated alkanes) is 1. The highest BCUT2D eigenvalue weighted by atomic mass is 16.5. The van der Waals surface area contributed by atoms with E-state index in [9.17, 15) is 9.90 Å². The van der Waals surface area contributed by atoms with E-state index in [0.29, 0.717) is 36.7 Å². The summed E-state index contributed by atoms with van der Waals surface area (Å²) in [5.41, 5.74) is 5.40. The van der Waals surface area contributed by atoms with Gasteiger partial charge >= 0.3 is 0 Å². The number of nitrogens with zero attached hydrogens (tertiary/aromatic N) is 2. The third-order valence-electron chi connectivity index (χ3n) is 6.52. The molecule has 1 aliphatic rings. The zero-order chi connectivity index (χ0) is 25.8. The molecule has 192 valence electrons. The molecule has 2 aromatic carbocycles. The van der Waals surface area contributed by atoms with Gasteiger partial charge in [-0.3, -0.25) is 9.89 Å². The number of amides is 1. The van der Waals surface area contributed by atoms with Crippen LogP contribution in [0.25, 0.3) is 11.3 Å². The number of ether oxygens (including phenoxy) is 2. The molecule has 1 amide bonds. The first kappa shape index (κ1) is 25.8. The summed E-state index contributed by atoms with van der Waals surface area (Å²) in [4.78, 5) is 15.4. The summed E-state index contributed by atoms with van der Waals surface area (Å²) in [5.74, 6) is 0.885. The molecule has 0 spiro atoms. The Balaban J connectivity index is 1.72. The largest absolute Gasteiger partial charge is 0.507 e. The number of phenolic OH excluding ortho intramolecular Hbond substituents is 1. The number of nitrogens with one attached hydrogen (secondary N) is 1. The molecule has 0 radical (unpaired) electrons. The maximum Gasteiger partial charge on any atom is 0.273 e. The van der Waals surface area contributed by atoms with Gasteiger partial charge in [-0.1, -0.05) is 31.5 Å². The second-order valence-corrected chi connectivity index (χ2v) is 9.78. The minimum Gasteiger partial charge on any atom is -0.507 e. The molecule has 1 aliphatic heterocycles. The van der Waals surface area contributed by atoms with Crippen molar-refractivity contribution in [2.45, 2.75) is 66.0 Å². The van der Waals surface area contributed by atoms with Crippen molar-refractivity contribution in [2.75, 3.05) is 19.8 Å². The van der Waals surface area contributed by atoms with Crippen molar-refractivity contribution in [3.8, 4) is 22.8 Å². The molecule has 1 aromatic heterocycles. The molecule has 0 fully saturated rings. The molecule has 0 aliphatic carbocycles. The van der Waals surface area contributed by atoms with E-state index in [1.807, 2.05) is 62.9 Å². The van der Waals surface area contributed by atoms with Crippen LogP contribution in [-0.2, 0) is 4.74 Å². The fourth-order valence-electron chi connectivity index (χ4n) is 4.85. The number of aromatic hydroxyl groups is 1. The molecule has 1 atom stereocenters. The summed E-state index contributed by atoms with van der Waals surface area (Å²) in [7, 11) is 0. The Kier molecular flexibility index (Phi) is 7.99. The predicted molar refractivity (Wildman–Crippen MR) is 141 cm³/mol. The Bertz CT molecular complexity index is 1180. The van der Waals surface area contributed by atoms with Gasteiger partial charge in [0.25, 0.3) is 5.91 Å². The molecule has 36 heavy (non-hydrogen) atoms. The first-order valence-electron chi connectivity index (χ1n) is 12.9. The van der Waals surface area contributed by atoms with Crippen molar-refractivity contribution >= 4 is 5.91 Å². The molecule has 4 rings (SSSR count). The number of hydrogen-bond donors (Lipinski definition) is 2. The third kappa shape index (κ3) is 5.26. The minimum absolute atomic E-state index is 0.0918. The molecule has 7 nitrogen and oxygen atoms in total. The Morgan fingerprint density at radius 2 is 1.86 bits per heavy atom. The zero-order valence-corrected chi connectivity index (χ0v) is 21.9. The minimum atomic E-state index is -0.329. The highest BCUT2D eigenvalue weighted by Gasteiger charge is 2.42. The summed E-state index contributed by atoms with van der Waals surface area (Å²) < 4.78 is 11.6. The van der Waals surface area contributed by atoms with Crippen LogP contribution in [0.5, 0.6) is 11.5 Å². The van der Waals surface area contributed by atoms with E-state index in [-0.39, 0.29) is 23.8 Å². The lowest BCUT2D eigenvalue weighted by atomic mass is 9.93. The average Bonchev–Trinajstić information content (AvgIpc) is 3.36. The molecule has 1 unspecified atom stereocenters. The number of rotatable bonds is 11. The Labute approximate surface area is 213 Å². The number of hydrogen-bond acceptors (Lipinski definition) is 5. The first-order chi connectivity index (χ1) is 17.3. The summed E-state index contributed by atoms with van der Waals surface area (Å²) >= 11 is 0. The molecular weight excluding hydrogens is 454 g/mol. The summed E-state index contributed by atoms with van der Waals surface area (Å²) in [6, 6.07) is 11.4. The van der Waals surface area contributed by atoms with Gasteiger partial charge in [0.05, 0.1) is 18.8 Å². The lowest BCUT2D eigenvalue weighted by Crippen LogP contribution is -2.31. The van der Waals surface area contributed by atoms with Gasteiger partial charge in [-0.15, -0.1) is 0 Å². The normalized spacial score (nSPS) is 15.1. The molecule has 2 N–H and O–H groups in total. The van der Waals surface area contributed by atoms with Gasteiger partial charge in [-0.25, -0.2) is 0 Å². The van der Waals surface area contributed by atoms with E-state index >= 15 is 0 Å². The fraction of sp³-hybridized carbons (Fsp3) is 0.448. The third-order valence-corrected chi connectivity index (χ3v) is 6.52. The number of benzene rings is 2. The maximum atomic E-state index is 13.5. The number of aryl methyl sites for hydroxylation is 2. The number of aromatic amines is 1. The topological polar surface area (TPSA) is 87.7 Å². The van der Waals surface area contributed by atoms with Gasteiger partial charge in [0.15, 0.2) is 0 Å². The van der Waals surface area contributed by atoms with Crippen molar-refractivity contribution in [3.05, 3.63) is 64.3 Å². The first-order valence-corrected chi connectivity index (χ1v) is 12.9. The Morgan fingerprint density at radius 1 is 1.11 bits per heavy atom. The number of carbonyl (C=O) groups excluding carboxylic acids is 1. The number of carbonyl (C=O) groups is 1. The van der Waals surface area contributed by atoms with Gasteiger partial charge in [-0.05, 0) is 75.4 Å². The molecule has 3 aromatic rings. The SMILES string of the molecule is CCCCOc1ccc(C2c3c(-c4c(C)cc(C)cc4O)n[nH]c3C(=O)N2CCCOC(C)C)cc1. The quantitative estimate of drug-likeness (QED) is 0.324. The van der Waals surface area contributed by atoms with Crippen molar-refractivity contribution in [3.63, 3.8) is 0 Å². The van der Waals surface area contributed by atoms with Crippen molar-refractivity contribution in [1.29, 1.82) is 0 Å². The molecule has 0 bridgehead atoms. The van der Waals surface area contributed by atoms with Gasteiger partial charge in [0.2, 0.25) is 0 Å². The smallest absolute Gasteiger partial charge is 0.273 e. The van der Waals surface area contributed by atoms with E-state index in [2.05, 4.69) is 17.1 Å². The van der Waals surface area contributed by atoms with Crippen LogP contribution in [-0.4, -0.2) is 52.0 Å². The van der Waals surface area contributed by atoms with Crippen LogP contribution in [0.2, 0.25) is 0 Å². The van der Waals surface area contributed by atoms with Crippen LogP contribution in [0.1, 0.15) is 78.8 Å². The lowest BCUT2D eigenvalue weighted by Gasteiger charge is -2.27. The molecule has 7 heteroatoms. The van der Waals surface area contributed by atoms with Gasteiger partial charge in [0, 0.05) is 24.3 Å². The van der Waals surface area contributed by atoms with Crippen molar-refractivity contribution < 1.29 is 19.4 Å². The predicted octanol–water partition coefficient (Wildman–Crippen LogP) is 5.94. The van der Waals surface area contributed by atoms with Gasteiger partial charge in [0.1, 0.15) is 22.9 Å². The number of fused-ring (bicyclic) bond motifs is 1. The standard InChI is InChI=1S/C29H37N3O4/c1-6-7-14-36-22-11-9-21(10-12-22)28-25-26(24-20(5)16-19(4)17-23(24)33)30-31-27(25)29(34)32(28)13-8-15-35-18(2)3/h9-12,16-18,28,33H,6-8,13-15H2,1-5H3,(H,30,31). The average molecular weight is 492 g/mol. The summed E-state index contributed by atoms with van der Waals surface area (Å²) in [6.45, 7) is 11.9. The van der Waals surface area contributed by atoms with E-state index in [0.717, 1.165) is 47.3 Å². The molecule has 0 saturated carbocycles. The van der Waals surface area contributed by atoms with Crippen LogP contribution in [0.4, 0.5) is 0 Å². The highest BCUT2D eigenvalue weighted by Crippen LogP contribution is 2.45. The van der Waals surface area contributed by atoms with E-state index in [1.54, 1.807) is 6.07 Å². The van der Waals surface area contributed by atoms with E-state index in [4.69, 9.17) is 9.47 Å². The van der Waals surface area contributed by atoms with Crippen LogP contribution < -0.4 is 4.74 Å². The van der Waals surface area contributed by atoms with Crippen LogP contribution >= 0.6 is 0 Å². The fourth-order valence-corrected chi connectivity index (χ4v) is 4.85. The zero-order valence-electron chi connectivity index (χ0n) is 21.9. The second-order valence-electron chi connectivity index (χ2n) is 9.78. The maximum absolute atomic E-state index is 13.5. The number of H-pyrrole nitrogens is 1.